The molecule has 0 bridgehead atoms. The Morgan fingerprint density at radius 1 is 1.03 bits per heavy atom. The summed E-state index contributed by atoms with van der Waals surface area (Å²) in [5, 5.41) is 6.70. The number of alkyl halides is 2. The highest BCUT2D eigenvalue weighted by molar-refractivity contribution is 6.07. The molecule has 4 aromatic rings. The van der Waals surface area contributed by atoms with Crippen molar-refractivity contribution in [1.82, 2.24) is 15.2 Å². The molecule has 1 aliphatic heterocycles. The molecule has 1 saturated heterocycles. The number of ether oxygens (including phenoxy) is 1. The van der Waals surface area contributed by atoms with Crippen LogP contribution in [0.5, 0.6) is 0 Å². The van der Waals surface area contributed by atoms with Crippen LogP contribution < -0.4 is 10.6 Å². The maximum atomic E-state index is 14.0. The molecule has 202 valence electrons. The Hall–Kier alpha value is -3.95. The van der Waals surface area contributed by atoms with E-state index in [1.807, 2.05) is 12.1 Å². The van der Waals surface area contributed by atoms with E-state index in [-0.39, 0.29) is 34.6 Å². The molecule has 3 aromatic carbocycles. The van der Waals surface area contributed by atoms with Crippen molar-refractivity contribution in [3.63, 3.8) is 0 Å². The van der Waals surface area contributed by atoms with Gasteiger partial charge in [-0.2, -0.15) is 0 Å². The van der Waals surface area contributed by atoms with E-state index in [4.69, 9.17) is 4.74 Å². The first-order chi connectivity index (χ1) is 18.9. The van der Waals surface area contributed by atoms with Crippen LogP contribution in [0.2, 0.25) is 0 Å². The van der Waals surface area contributed by atoms with Crippen molar-refractivity contribution >= 4 is 22.5 Å². The lowest BCUT2D eigenvalue weighted by molar-refractivity contribution is 0.148. The highest BCUT2D eigenvalue weighted by atomic mass is 19.3. The lowest BCUT2D eigenvalue weighted by Gasteiger charge is -2.22. The number of nitrogens with one attached hydrogen (secondary N) is 2. The van der Waals surface area contributed by atoms with E-state index in [9.17, 15) is 18.0 Å². The average molecular weight is 535 g/mol. The first-order valence-electron chi connectivity index (χ1n) is 12.7. The van der Waals surface area contributed by atoms with Crippen molar-refractivity contribution in [2.45, 2.75) is 18.4 Å². The summed E-state index contributed by atoms with van der Waals surface area (Å²) in [4.78, 5) is 19.9. The third kappa shape index (κ3) is 5.89. The van der Waals surface area contributed by atoms with Crippen LogP contribution in [-0.4, -0.2) is 55.3 Å². The Morgan fingerprint density at radius 3 is 2.49 bits per heavy atom. The number of hydrogen-bond acceptors (Lipinski definition) is 4. The van der Waals surface area contributed by atoms with Gasteiger partial charge in [-0.05, 0) is 17.7 Å². The summed E-state index contributed by atoms with van der Waals surface area (Å²) >= 11 is 0. The second-order valence-corrected chi connectivity index (χ2v) is 9.55. The lowest BCUT2D eigenvalue weighted by atomic mass is 9.94. The molecule has 5 rings (SSSR count). The van der Waals surface area contributed by atoms with Crippen molar-refractivity contribution < 1.29 is 22.7 Å². The average Bonchev–Trinajstić information content (AvgIpc) is 3.34. The number of hydrogen-bond donors (Lipinski definition) is 2. The Kier molecular flexibility index (Phi) is 8.09. The number of urea groups is 1. The standard InChI is InChI=1S/C30H29F3N4O2/c1-39-15-14-37-17-24(20-10-7-11-21(31)16-20)25(18-37)34-30(38)36-27-22-12-5-6-13-23(22)28(29(32)33)35-26(27)19-8-3-2-4-9-19/h2-13,16,24-25,29H,14-15,17-18H2,1H3,(H2,34,36,38)/t24-,25+/m0/s1. The van der Waals surface area contributed by atoms with E-state index < -0.39 is 12.5 Å². The predicted molar refractivity (Wildman–Crippen MR) is 146 cm³/mol. The summed E-state index contributed by atoms with van der Waals surface area (Å²) in [6.45, 7) is 2.38. The number of nitrogens with zero attached hydrogens (tertiary/aromatic N) is 2. The highest BCUT2D eigenvalue weighted by Crippen LogP contribution is 2.38. The van der Waals surface area contributed by atoms with Gasteiger partial charge in [0.2, 0.25) is 0 Å². The normalized spacial score (nSPS) is 17.6. The van der Waals surface area contributed by atoms with Gasteiger partial charge in [0.15, 0.2) is 0 Å². The first kappa shape index (κ1) is 26.6. The molecule has 2 atom stereocenters. The van der Waals surface area contributed by atoms with Crippen LogP contribution in [0.1, 0.15) is 23.6 Å². The van der Waals surface area contributed by atoms with Gasteiger partial charge in [-0.25, -0.2) is 22.9 Å². The number of halogens is 3. The molecule has 9 heteroatoms. The molecule has 1 fully saturated rings. The topological polar surface area (TPSA) is 66.5 Å². The van der Waals surface area contributed by atoms with Crippen LogP contribution >= 0.6 is 0 Å². The molecule has 2 amide bonds. The zero-order valence-corrected chi connectivity index (χ0v) is 21.4. The maximum absolute atomic E-state index is 14.0. The lowest BCUT2D eigenvalue weighted by Crippen LogP contribution is -2.42. The summed E-state index contributed by atoms with van der Waals surface area (Å²) in [7, 11) is 1.63. The van der Waals surface area contributed by atoms with Gasteiger partial charge in [-0.1, -0.05) is 66.7 Å². The highest BCUT2D eigenvalue weighted by Gasteiger charge is 2.35. The number of carbonyl (C=O) groups is 1. The smallest absolute Gasteiger partial charge is 0.319 e. The van der Waals surface area contributed by atoms with Gasteiger partial charge in [0, 0.05) is 49.0 Å². The fourth-order valence-corrected chi connectivity index (χ4v) is 5.21. The van der Waals surface area contributed by atoms with E-state index in [0.717, 1.165) is 5.56 Å². The van der Waals surface area contributed by atoms with E-state index >= 15 is 0 Å². The largest absolute Gasteiger partial charge is 0.383 e. The molecule has 1 aromatic heterocycles. The number of fused-ring (bicyclic) bond motifs is 1. The number of amides is 2. The summed E-state index contributed by atoms with van der Waals surface area (Å²) in [5.74, 6) is -0.483. The summed E-state index contributed by atoms with van der Waals surface area (Å²) < 4.78 is 47.3. The summed E-state index contributed by atoms with van der Waals surface area (Å²) in [6.07, 6.45) is -2.79. The van der Waals surface area contributed by atoms with Gasteiger partial charge >= 0.3 is 6.03 Å². The van der Waals surface area contributed by atoms with Gasteiger partial charge < -0.3 is 15.4 Å². The zero-order chi connectivity index (χ0) is 27.4. The van der Waals surface area contributed by atoms with Crippen LogP contribution in [0.4, 0.5) is 23.7 Å². The van der Waals surface area contributed by atoms with Gasteiger partial charge in [0.25, 0.3) is 6.43 Å². The number of likely N-dealkylation sites (tertiary alicyclic amines) is 1. The third-order valence-corrected chi connectivity index (χ3v) is 7.03. The number of pyridine rings is 1. The minimum absolute atomic E-state index is 0.145. The third-order valence-electron chi connectivity index (χ3n) is 7.03. The van der Waals surface area contributed by atoms with Crippen LogP contribution in [0, 0.1) is 5.82 Å². The molecule has 2 N–H and O–H groups in total. The molecule has 0 unspecified atom stereocenters. The molecular weight excluding hydrogens is 505 g/mol. The van der Waals surface area contributed by atoms with E-state index in [0.29, 0.717) is 42.9 Å². The van der Waals surface area contributed by atoms with Gasteiger partial charge in [0.05, 0.1) is 24.0 Å². The molecule has 0 saturated carbocycles. The Morgan fingerprint density at radius 2 is 1.77 bits per heavy atom. The van der Waals surface area contributed by atoms with Crippen LogP contribution in [0.3, 0.4) is 0 Å². The van der Waals surface area contributed by atoms with Crippen molar-refractivity contribution in [2.75, 3.05) is 38.7 Å². The van der Waals surface area contributed by atoms with Crippen molar-refractivity contribution in [3.8, 4) is 11.3 Å². The number of anilines is 1. The molecular formula is C30H29F3N4O2. The van der Waals surface area contributed by atoms with Gasteiger partial charge in [-0.3, -0.25) is 4.90 Å². The molecule has 1 aliphatic rings. The second kappa shape index (κ2) is 11.8. The molecule has 0 aliphatic carbocycles. The summed E-state index contributed by atoms with van der Waals surface area (Å²) in [5.41, 5.74) is 1.65. The van der Waals surface area contributed by atoms with Gasteiger partial charge in [0.1, 0.15) is 11.5 Å². The second-order valence-electron chi connectivity index (χ2n) is 9.55. The van der Waals surface area contributed by atoms with E-state index in [2.05, 4.69) is 20.5 Å². The monoisotopic (exact) mass is 534 g/mol. The van der Waals surface area contributed by atoms with Crippen LogP contribution in [-0.2, 0) is 4.74 Å². The fraction of sp³-hybridized carbons (Fsp3) is 0.267. The minimum atomic E-state index is -2.79. The van der Waals surface area contributed by atoms with Crippen LogP contribution in [0.15, 0.2) is 78.9 Å². The van der Waals surface area contributed by atoms with Crippen molar-refractivity contribution in [3.05, 3.63) is 95.9 Å². The van der Waals surface area contributed by atoms with Crippen LogP contribution in [0.25, 0.3) is 22.0 Å². The molecule has 6 nitrogen and oxygen atoms in total. The molecule has 0 radical (unpaired) electrons. The number of aromatic nitrogens is 1. The quantitative estimate of drug-likeness (QED) is 0.282. The maximum Gasteiger partial charge on any atom is 0.319 e. The minimum Gasteiger partial charge on any atom is -0.383 e. The Bertz CT molecular complexity index is 1450. The molecule has 0 spiro atoms. The van der Waals surface area contributed by atoms with E-state index in [1.54, 1.807) is 61.7 Å². The van der Waals surface area contributed by atoms with Crippen molar-refractivity contribution in [2.24, 2.45) is 0 Å². The molecule has 2 heterocycles. The zero-order valence-electron chi connectivity index (χ0n) is 21.4. The fourth-order valence-electron chi connectivity index (χ4n) is 5.21. The van der Waals surface area contributed by atoms with Crippen molar-refractivity contribution in [1.29, 1.82) is 0 Å². The summed E-state index contributed by atoms with van der Waals surface area (Å²) in [6, 6.07) is 21.2. The number of benzene rings is 3. The number of methoxy groups -OCH3 is 1. The first-order valence-corrected chi connectivity index (χ1v) is 12.7. The number of rotatable bonds is 8. The van der Waals surface area contributed by atoms with Gasteiger partial charge in [-0.15, -0.1) is 0 Å². The number of carbonyl (C=O) groups excluding carboxylic acids is 1. The molecule has 39 heavy (non-hydrogen) atoms. The SMILES string of the molecule is COCCN1C[C@@H](NC(=O)Nc2c(-c3ccccc3)nc(C(F)F)c3ccccc23)[C@H](c2cccc(F)c2)C1. The van der Waals surface area contributed by atoms with E-state index in [1.165, 1.54) is 12.1 Å². The Balaban J connectivity index is 1.48. The predicted octanol–water partition coefficient (Wildman–Crippen LogP) is 6.21. The Labute approximate surface area is 224 Å².